The number of nitrogens with one attached hydrogen (secondary N) is 1. The Morgan fingerprint density at radius 2 is 1.81 bits per heavy atom. The monoisotopic (exact) mass is 388 g/mol. The molecular formula is C19H14Cl2N2O3. The van der Waals surface area contributed by atoms with Crippen molar-refractivity contribution in [3.63, 3.8) is 0 Å². The van der Waals surface area contributed by atoms with Crippen LogP contribution in [-0.2, 0) is 6.42 Å². The van der Waals surface area contributed by atoms with Gasteiger partial charge in [0.25, 0.3) is 5.91 Å². The summed E-state index contributed by atoms with van der Waals surface area (Å²) < 4.78 is 5.33. The fourth-order valence-electron chi connectivity index (χ4n) is 2.51. The van der Waals surface area contributed by atoms with Crippen molar-refractivity contribution in [2.75, 3.05) is 7.05 Å². The first-order valence-electron chi connectivity index (χ1n) is 7.75. The van der Waals surface area contributed by atoms with Gasteiger partial charge >= 0.3 is 0 Å². The van der Waals surface area contributed by atoms with Gasteiger partial charge in [0.05, 0.1) is 16.5 Å². The van der Waals surface area contributed by atoms with Gasteiger partial charge in [-0.05, 0) is 18.2 Å². The van der Waals surface area contributed by atoms with E-state index in [4.69, 9.17) is 27.7 Å². The molecule has 2 aromatic carbocycles. The molecule has 26 heavy (non-hydrogen) atoms. The van der Waals surface area contributed by atoms with E-state index < -0.39 is 0 Å². The smallest absolute Gasteiger partial charge is 0.256 e. The van der Waals surface area contributed by atoms with Crippen molar-refractivity contribution in [1.82, 2.24) is 10.5 Å². The zero-order valence-electron chi connectivity index (χ0n) is 13.8. The molecule has 0 saturated heterocycles. The number of rotatable bonds is 5. The predicted octanol–water partition coefficient (Wildman–Crippen LogP) is 4.43. The summed E-state index contributed by atoms with van der Waals surface area (Å²) >= 11 is 11.8. The minimum Gasteiger partial charge on any atom is -0.359 e. The summed E-state index contributed by atoms with van der Waals surface area (Å²) in [6.45, 7) is 0. The number of Topliss-reactive ketones (excluding diaryl/α,β-unsaturated/α-hetero) is 1. The standard InChI is InChI=1S/C19H14Cl2N2O3/c1-22-19(25)17-16(26-23-18(17)11-5-3-2-4-6-11)10-15(24)12-7-8-13(20)14(21)9-12/h2-9H,10H2,1H3,(H,22,25). The van der Waals surface area contributed by atoms with Crippen LogP contribution in [0.1, 0.15) is 26.5 Å². The molecule has 0 aliphatic heterocycles. The average molecular weight is 389 g/mol. The lowest BCUT2D eigenvalue weighted by Gasteiger charge is -2.04. The van der Waals surface area contributed by atoms with E-state index in [-0.39, 0.29) is 34.5 Å². The average Bonchev–Trinajstić information content (AvgIpc) is 3.07. The number of benzene rings is 2. The second kappa shape index (κ2) is 7.72. The second-order valence-corrected chi connectivity index (χ2v) is 6.32. The topological polar surface area (TPSA) is 72.2 Å². The number of hydrogen-bond donors (Lipinski definition) is 1. The van der Waals surface area contributed by atoms with E-state index in [1.165, 1.54) is 13.1 Å². The molecule has 1 amide bonds. The predicted molar refractivity (Wildman–Crippen MR) is 99.8 cm³/mol. The highest BCUT2D eigenvalue weighted by Crippen LogP contribution is 2.27. The van der Waals surface area contributed by atoms with Crippen LogP contribution < -0.4 is 5.32 Å². The zero-order chi connectivity index (χ0) is 18.7. The van der Waals surface area contributed by atoms with E-state index in [1.807, 2.05) is 30.3 Å². The fraction of sp³-hybridized carbons (Fsp3) is 0.105. The normalized spacial score (nSPS) is 10.6. The number of nitrogens with zero attached hydrogens (tertiary/aromatic N) is 1. The molecule has 1 N–H and O–H groups in total. The molecule has 3 rings (SSSR count). The third-order valence-corrected chi connectivity index (χ3v) is 4.57. The number of halogens is 2. The Bertz CT molecular complexity index is 968. The van der Waals surface area contributed by atoms with E-state index in [0.717, 1.165) is 5.56 Å². The maximum Gasteiger partial charge on any atom is 0.256 e. The Kier molecular flexibility index (Phi) is 5.40. The van der Waals surface area contributed by atoms with Crippen LogP contribution in [0.25, 0.3) is 11.3 Å². The Labute approximate surface area is 159 Å². The van der Waals surface area contributed by atoms with Gasteiger partial charge in [0.2, 0.25) is 0 Å². The highest BCUT2D eigenvalue weighted by Gasteiger charge is 2.25. The Balaban J connectivity index is 1.97. The van der Waals surface area contributed by atoms with E-state index in [0.29, 0.717) is 16.3 Å². The molecule has 0 unspecified atom stereocenters. The summed E-state index contributed by atoms with van der Waals surface area (Å²) in [4.78, 5) is 24.9. The number of ketones is 1. The van der Waals surface area contributed by atoms with Crippen LogP contribution in [0.2, 0.25) is 10.0 Å². The van der Waals surface area contributed by atoms with Gasteiger partial charge in [0, 0.05) is 18.2 Å². The molecule has 132 valence electrons. The lowest BCUT2D eigenvalue weighted by atomic mass is 10.0. The summed E-state index contributed by atoms with van der Waals surface area (Å²) in [5, 5.41) is 7.20. The molecule has 0 radical (unpaired) electrons. The van der Waals surface area contributed by atoms with Crippen molar-refractivity contribution in [3.8, 4) is 11.3 Å². The first kappa shape index (κ1) is 18.2. The lowest BCUT2D eigenvalue weighted by molar-refractivity contribution is 0.0960. The molecule has 0 aliphatic rings. The quantitative estimate of drug-likeness (QED) is 0.656. The minimum absolute atomic E-state index is 0.124. The number of aromatic nitrogens is 1. The lowest BCUT2D eigenvalue weighted by Crippen LogP contribution is -2.20. The zero-order valence-corrected chi connectivity index (χ0v) is 15.3. The molecule has 3 aromatic rings. The molecule has 1 heterocycles. The summed E-state index contributed by atoms with van der Waals surface area (Å²) in [5.41, 5.74) is 1.73. The van der Waals surface area contributed by atoms with Gasteiger partial charge in [-0.15, -0.1) is 0 Å². The van der Waals surface area contributed by atoms with E-state index >= 15 is 0 Å². The maximum absolute atomic E-state index is 12.6. The van der Waals surface area contributed by atoms with Crippen molar-refractivity contribution < 1.29 is 14.1 Å². The van der Waals surface area contributed by atoms with Crippen molar-refractivity contribution in [1.29, 1.82) is 0 Å². The summed E-state index contributed by atoms with van der Waals surface area (Å²) in [6, 6.07) is 13.8. The van der Waals surface area contributed by atoms with Gasteiger partial charge in [-0.1, -0.05) is 58.7 Å². The van der Waals surface area contributed by atoms with Crippen LogP contribution in [0.5, 0.6) is 0 Å². The first-order valence-corrected chi connectivity index (χ1v) is 8.51. The molecule has 0 aliphatic carbocycles. The molecule has 5 nitrogen and oxygen atoms in total. The third kappa shape index (κ3) is 3.64. The minimum atomic E-state index is -0.373. The van der Waals surface area contributed by atoms with Crippen LogP contribution >= 0.6 is 23.2 Å². The molecule has 7 heteroatoms. The third-order valence-electron chi connectivity index (χ3n) is 3.83. The molecule has 0 fully saturated rings. The van der Waals surface area contributed by atoms with E-state index in [9.17, 15) is 9.59 Å². The van der Waals surface area contributed by atoms with Gasteiger partial charge < -0.3 is 9.84 Å². The van der Waals surface area contributed by atoms with Crippen molar-refractivity contribution >= 4 is 34.9 Å². The molecule has 0 saturated carbocycles. The summed E-state index contributed by atoms with van der Waals surface area (Å²) in [5.74, 6) is -0.439. The first-order chi connectivity index (χ1) is 12.5. The van der Waals surface area contributed by atoms with Crippen LogP contribution in [-0.4, -0.2) is 23.9 Å². The highest BCUT2D eigenvalue weighted by atomic mass is 35.5. The Morgan fingerprint density at radius 3 is 2.46 bits per heavy atom. The van der Waals surface area contributed by atoms with E-state index in [2.05, 4.69) is 10.5 Å². The van der Waals surface area contributed by atoms with Gasteiger partial charge in [0.1, 0.15) is 11.3 Å². The summed E-state index contributed by atoms with van der Waals surface area (Å²) in [7, 11) is 1.51. The second-order valence-electron chi connectivity index (χ2n) is 5.50. The molecule has 0 spiro atoms. The molecule has 0 bridgehead atoms. The number of amides is 1. The van der Waals surface area contributed by atoms with Crippen LogP contribution in [0.15, 0.2) is 53.1 Å². The number of carbonyl (C=O) groups excluding carboxylic acids is 2. The maximum atomic E-state index is 12.6. The largest absolute Gasteiger partial charge is 0.359 e. The fourth-order valence-corrected chi connectivity index (χ4v) is 2.81. The molecule has 0 atom stereocenters. The van der Waals surface area contributed by atoms with Crippen molar-refractivity contribution in [2.24, 2.45) is 0 Å². The van der Waals surface area contributed by atoms with Gasteiger partial charge in [-0.25, -0.2) is 0 Å². The SMILES string of the molecule is CNC(=O)c1c(-c2ccccc2)noc1CC(=O)c1ccc(Cl)c(Cl)c1. The van der Waals surface area contributed by atoms with Crippen LogP contribution in [0, 0.1) is 0 Å². The van der Waals surface area contributed by atoms with E-state index in [1.54, 1.807) is 12.1 Å². The van der Waals surface area contributed by atoms with Gasteiger partial charge in [-0.2, -0.15) is 0 Å². The number of hydrogen-bond acceptors (Lipinski definition) is 4. The van der Waals surface area contributed by atoms with Gasteiger partial charge in [-0.3, -0.25) is 9.59 Å². The molecule has 1 aromatic heterocycles. The highest BCUT2D eigenvalue weighted by molar-refractivity contribution is 6.42. The van der Waals surface area contributed by atoms with Crippen molar-refractivity contribution in [3.05, 3.63) is 75.5 Å². The Hall–Kier alpha value is -2.63. The van der Waals surface area contributed by atoms with Gasteiger partial charge in [0.15, 0.2) is 11.5 Å². The van der Waals surface area contributed by atoms with Crippen molar-refractivity contribution in [2.45, 2.75) is 6.42 Å². The van der Waals surface area contributed by atoms with Crippen LogP contribution in [0.4, 0.5) is 0 Å². The molecular weight excluding hydrogens is 375 g/mol. The van der Waals surface area contributed by atoms with Crippen LogP contribution in [0.3, 0.4) is 0 Å². The summed E-state index contributed by atoms with van der Waals surface area (Å²) in [6.07, 6.45) is -0.124. The Morgan fingerprint density at radius 1 is 1.08 bits per heavy atom. The number of carbonyl (C=O) groups is 2.